The number of nitrogens with zero attached hydrogens (tertiary/aromatic N) is 2. The van der Waals surface area contributed by atoms with Crippen molar-refractivity contribution < 1.29 is 9.18 Å². The van der Waals surface area contributed by atoms with Gasteiger partial charge >= 0.3 is 0 Å². The average molecular weight is 271 g/mol. The molecule has 0 aliphatic carbocycles. The molecule has 0 spiro atoms. The number of amides is 1. The monoisotopic (exact) mass is 271 g/mol. The molecule has 1 aromatic carbocycles. The Morgan fingerprint density at radius 3 is 2.90 bits per heavy atom. The highest BCUT2D eigenvalue weighted by Crippen LogP contribution is 2.29. The molecule has 20 heavy (non-hydrogen) atoms. The Morgan fingerprint density at radius 1 is 1.25 bits per heavy atom. The third-order valence-electron chi connectivity index (χ3n) is 3.40. The van der Waals surface area contributed by atoms with E-state index >= 15 is 0 Å². The smallest absolute Gasteiger partial charge is 0.227 e. The Hall–Kier alpha value is -2.43. The predicted molar refractivity (Wildman–Crippen MR) is 74.6 cm³/mol. The Balaban J connectivity index is 1.97. The minimum absolute atomic E-state index is 0.0210. The van der Waals surface area contributed by atoms with Gasteiger partial charge in [0.25, 0.3) is 0 Å². The predicted octanol–water partition coefficient (Wildman–Crippen LogP) is 2.28. The molecule has 0 fully saturated rings. The zero-order valence-electron chi connectivity index (χ0n) is 10.8. The quantitative estimate of drug-likeness (QED) is 0.911. The van der Waals surface area contributed by atoms with Crippen LogP contribution in [0.3, 0.4) is 0 Å². The first-order valence-corrected chi connectivity index (χ1v) is 6.44. The maximum atomic E-state index is 13.4. The second kappa shape index (κ2) is 4.92. The van der Waals surface area contributed by atoms with Gasteiger partial charge in [0.1, 0.15) is 11.6 Å². The highest BCUT2D eigenvalue weighted by molar-refractivity contribution is 5.96. The van der Waals surface area contributed by atoms with Crippen molar-refractivity contribution in [1.82, 2.24) is 4.98 Å². The van der Waals surface area contributed by atoms with Crippen molar-refractivity contribution in [3.63, 3.8) is 0 Å². The molecular weight excluding hydrogens is 257 g/mol. The number of rotatable bonds is 2. The molecule has 1 aliphatic rings. The molecule has 2 aromatic rings. The van der Waals surface area contributed by atoms with E-state index in [1.807, 2.05) is 0 Å². The maximum absolute atomic E-state index is 13.4. The van der Waals surface area contributed by atoms with Gasteiger partial charge in [-0.15, -0.1) is 0 Å². The van der Waals surface area contributed by atoms with Crippen LogP contribution in [0, 0.1) is 5.82 Å². The van der Waals surface area contributed by atoms with E-state index < -0.39 is 0 Å². The summed E-state index contributed by atoms with van der Waals surface area (Å²) in [5.74, 6) is 0.0442. The second-order valence-electron chi connectivity index (χ2n) is 4.81. The number of halogens is 1. The van der Waals surface area contributed by atoms with Gasteiger partial charge in [-0.1, -0.05) is 12.1 Å². The fourth-order valence-electron chi connectivity index (χ4n) is 2.43. The van der Waals surface area contributed by atoms with Gasteiger partial charge in [0.2, 0.25) is 5.91 Å². The molecule has 2 N–H and O–H groups in total. The summed E-state index contributed by atoms with van der Waals surface area (Å²) in [6.07, 6.45) is 1.08. The number of carbonyl (C=O) groups excluding carboxylic acids is 1. The van der Waals surface area contributed by atoms with Crippen LogP contribution in [0.4, 0.5) is 15.9 Å². The molecule has 3 rings (SSSR count). The number of anilines is 2. The van der Waals surface area contributed by atoms with Crippen LogP contribution < -0.4 is 10.6 Å². The summed E-state index contributed by atoms with van der Waals surface area (Å²) in [6.45, 7) is 0.306. The van der Waals surface area contributed by atoms with Crippen molar-refractivity contribution in [3.05, 3.63) is 53.5 Å². The first-order valence-electron chi connectivity index (χ1n) is 6.44. The van der Waals surface area contributed by atoms with Gasteiger partial charge in [-0.25, -0.2) is 9.37 Å². The number of pyridine rings is 1. The summed E-state index contributed by atoms with van der Waals surface area (Å²) in [5.41, 5.74) is 7.94. The van der Waals surface area contributed by atoms with Crippen molar-refractivity contribution in [3.8, 4) is 0 Å². The number of aryl methyl sites for hydroxylation is 1. The van der Waals surface area contributed by atoms with E-state index in [-0.39, 0.29) is 11.7 Å². The number of nitrogens with two attached hydrogens (primary N) is 1. The SMILES string of the molecule is Nc1cccc(CN2C(=O)CCc3ccc(F)cc32)n1. The van der Waals surface area contributed by atoms with Crippen LogP contribution in [0.2, 0.25) is 0 Å². The molecule has 0 bridgehead atoms. The van der Waals surface area contributed by atoms with Gasteiger partial charge < -0.3 is 10.6 Å². The standard InChI is InChI=1S/C15H14FN3O/c16-11-6-4-10-5-7-15(20)19(13(10)8-11)9-12-2-1-3-14(17)18-12/h1-4,6,8H,5,7,9H2,(H2,17,18). The van der Waals surface area contributed by atoms with Crippen molar-refractivity contribution in [2.45, 2.75) is 19.4 Å². The van der Waals surface area contributed by atoms with Crippen molar-refractivity contribution >= 4 is 17.4 Å². The summed E-state index contributed by atoms with van der Waals surface area (Å²) in [7, 11) is 0. The molecule has 1 amide bonds. The van der Waals surface area contributed by atoms with Crippen LogP contribution in [0.1, 0.15) is 17.7 Å². The minimum atomic E-state index is -0.344. The van der Waals surface area contributed by atoms with Gasteiger partial charge in [0.15, 0.2) is 0 Å². The lowest BCUT2D eigenvalue weighted by Gasteiger charge is -2.29. The number of nitrogen functional groups attached to an aromatic ring is 1. The molecule has 0 atom stereocenters. The number of benzene rings is 1. The van der Waals surface area contributed by atoms with Crippen LogP contribution in [0.5, 0.6) is 0 Å². The molecule has 0 unspecified atom stereocenters. The molecule has 1 aliphatic heterocycles. The number of fused-ring (bicyclic) bond motifs is 1. The summed E-state index contributed by atoms with van der Waals surface area (Å²) in [6, 6.07) is 9.84. The van der Waals surface area contributed by atoms with Crippen LogP contribution in [-0.4, -0.2) is 10.9 Å². The molecular formula is C15H14FN3O. The first-order chi connectivity index (χ1) is 9.63. The molecule has 2 heterocycles. The number of carbonyl (C=O) groups is 1. The molecule has 0 saturated carbocycles. The molecule has 4 nitrogen and oxygen atoms in total. The topological polar surface area (TPSA) is 59.2 Å². The minimum Gasteiger partial charge on any atom is -0.384 e. The molecule has 1 aromatic heterocycles. The van der Waals surface area contributed by atoms with Crippen molar-refractivity contribution in [1.29, 1.82) is 0 Å². The lowest BCUT2D eigenvalue weighted by atomic mass is 10.0. The highest BCUT2D eigenvalue weighted by Gasteiger charge is 2.24. The fourth-order valence-corrected chi connectivity index (χ4v) is 2.43. The third kappa shape index (κ3) is 2.34. The van der Waals surface area contributed by atoms with E-state index in [0.717, 1.165) is 5.56 Å². The summed E-state index contributed by atoms with van der Waals surface area (Å²) < 4.78 is 13.4. The van der Waals surface area contributed by atoms with Gasteiger partial charge in [0, 0.05) is 6.42 Å². The van der Waals surface area contributed by atoms with Crippen LogP contribution >= 0.6 is 0 Å². The Labute approximate surface area is 116 Å². The largest absolute Gasteiger partial charge is 0.384 e. The Kier molecular flexibility index (Phi) is 3.10. The van der Waals surface area contributed by atoms with E-state index in [0.29, 0.717) is 36.6 Å². The van der Waals surface area contributed by atoms with Crippen molar-refractivity contribution in [2.24, 2.45) is 0 Å². The second-order valence-corrected chi connectivity index (χ2v) is 4.81. The van der Waals surface area contributed by atoms with Crippen molar-refractivity contribution in [2.75, 3.05) is 10.6 Å². The summed E-state index contributed by atoms with van der Waals surface area (Å²) in [4.78, 5) is 17.9. The van der Waals surface area contributed by atoms with Gasteiger partial charge in [-0.2, -0.15) is 0 Å². The van der Waals surface area contributed by atoms with E-state index in [4.69, 9.17) is 5.73 Å². The van der Waals surface area contributed by atoms with E-state index in [9.17, 15) is 9.18 Å². The number of hydrogen-bond donors (Lipinski definition) is 1. The van der Waals surface area contributed by atoms with Crippen LogP contribution in [0.25, 0.3) is 0 Å². The first kappa shape index (κ1) is 12.6. The lowest BCUT2D eigenvalue weighted by molar-refractivity contribution is -0.119. The zero-order valence-corrected chi connectivity index (χ0v) is 10.8. The lowest BCUT2D eigenvalue weighted by Crippen LogP contribution is -2.35. The molecule has 0 radical (unpaired) electrons. The van der Waals surface area contributed by atoms with E-state index in [2.05, 4.69) is 4.98 Å². The van der Waals surface area contributed by atoms with Gasteiger partial charge in [0.05, 0.1) is 17.9 Å². The number of hydrogen-bond acceptors (Lipinski definition) is 3. The summed E-state index contributed by atoms with van der Waals surface area (Å²) >= 11 is 0. The fraction of sp³-hybridized carbons (Fsp3) is 0.200. The third-order valence-corrected chi connectivity index (χ3v) is 3.40. The maximum Gasteiger partial charge on any atom is 0.227 e. The van der Waals surface area contributed by atoms with E-state index in [1.54, 1.807) is 29.2 Å². The van der Waals surface area contributed by atoms with Gasteiger partial charge in [-0.3, -0.25) is 4.79 Å². The normalized spacial score (nSPS) is 14.2. The van der Waals surface area contributed by atoms with Crippen LogP contribution in [0.15, 0.2) is 36.4 Å². The van der Waals surface area contributed by atoms with Crippen LogP contribution in [-0.2, 0) is 17.8 Å². The average Bonchev–Trinajstić information content (AvgIpc) is 2.42. The Bertz CT molecular complexity index is 672. The molecule has 5 heteroatoms. The number of aromatic nitrogens is 1. The highest BCUT2D eigenvalue weighted by atomic mass is 19.1. The van der Waals surface area contributed by atoms with E-state index in [1.165, 1.54) is 12.1 Å². The van der Waals surface area contributed by atoms with Gasteiger partial charge in [-0.05, 0) is 36.2 Å². The summed E-state index contributed by atoms with van der Waals surface area (Å²) in [5, 5.41) is 0. The molecule has 0 saturated heterocycles. The molecule has 102 valence electrons. The Morgan fingerprint density at radius 2 is 2.10 bits per heavy atom. The zero-order chi connectivity index (χ0) is 14.1.